The summed E-state index contributed by atoms with van der Waals surface area (Å²) >= 11 is 0. The summed E-state index contributed by atoms with van der Waals surface area (Å²) in [5.41, 5.74) is 0. The van der Waals surface area contributed by atoms with Crippen molar-refractivity contribution in [2.24, 2.45) is 0 Å². The Morgan fingerprint density at radius 2 is 0.724 bits per heavy atom. The van der Waals surface area contributed by atoms with E-state index in [1.807, 2.05) is 6.92 Å². The molecule has 0 aromatic carbocycles. The summed E-state index contributed by atoms with van der Waals surface area (Å²) in [6, 6.07) is 0. The first kappa shape index (κ1) is 56.1. The minimum Gasteiger partial charge on any atom is -0.462 e. The second-order valence-electron chi connectivity index (χ2n) is 14.3. The van der Waals surface area contributed by atoms with Gasteiger partial charge in [-0.05, 0) is 25.7 Å². The number of carbonyl (C=O) groups excluding carboxylic acids is 4. The highest BCUT2D eigenvalue weighted by Gasteiger charge is 2.30. The molecule has 0 aromatic heterocycles. The number of unbranched alkanes of at least 4 members (excludes halogenated alkanes) is 14. The van der Waals surface area contributed by atoms with E-state index in [4.69, 9.17) is 37.0 Å². The third kappa shape index (κ3) is 34.9. The van der Waals surface area contributed by atoms with Crippen LogP contribution < -0.4 is 0 Å². The van der Waals surface area contributed by atoms with Crippen molar-refractivity contribution in [2.75, 3.05) is 39.6 Å². The first-order valence-electron chi connectivity index (χ1n) is 21.3. The second-order valence-corrected chi connectivity index (χ2v) is 17.2. The summed E-state index contributed by atoms with van der Waals surface area (Å²) in [5.74, 6) is -2.26. The van der Waals surface area contributed by atoms with Crippen LogP contribution in [0.25, 0.3) is 0 Å². The van der Waals surface area contributed by atoms with E-state index in [0.717, 1.165) is 89.9 Å². The van der Waals surface area contributed by atoms with Crippen LogP contribution in [0.15, 0.2) is 0 Å². The molecule has 0 spiro atoms. The second kappa shape index (κ2) is 35.8. The summed E-state index contributed by atoms with van der Waals surface area (Å²) < 4.78 is 65.7. The largest absolute Gasteiger partial charge is 0.472 e. The Bertz CT molecular complexity index is 1190. The van der Waals surface area contributed by atoms with Crippen molar-refractivity contribution < 1.29 is 80.2 Å². The van der Waals surface area contributed by atoms with Gasteiger partial charge in [-0.15, -0.1) is 0 Å². The molecule has 0 aliphatic carbocycles. The third-order valence-electron chi connectivity index (χ3n) is 8.57. The molecule has 5 atom stereocenters. The quantitative estimate of drug-likeness (QED) is 0.0228. The van der Waals surface area contributed by atoms with Gasteiger partial charge >= 0.3 is 39.5 Å². The van der Waals surface area contributed by atoms with E-state index in [1.165, 1.54) is 0 Å². The van der Waals surface area contributed by atoms with Gasteiger partial charge in [0.05, 0.1) is 26.4 Å². The fourth-order valence-corrected chi connectivity index (χ4v) is 6.83. The zero-order chi connectivity index (χ0) is 43.5. The van der Waals surface area contributed by atoms with Gasteiger partial charge in [-0.1, -0.05) is 118 Å². The Kier molecular flexibility index (Phi) is 34.6. The zero-order valence-corrected chi connectivity index (χ0v) is 37.3. The Morgan fingerprint density at radius 3 is 1.10 bits per heavy atom. The molecule has 0 aromatic rings. The van der Waals surface area contributed by atoms with E-state index in [1.54, 1.807) is 6.92 Å². The third-order valence-corrected chi connectivity index (χ3v) is 10.5. The minimum atomic E-state index is -4.90. The van der Waals surface area contributed by atoms with Crippen molar-refractivity contribution in [2.45, 2.75) is 187 Å². The highest BCUT2D eigenvalue weighted by molar-refractivity contribution is 7.47. The molecular formula is C39H74O17P2. The maximum atomic E-state index is 12.6. The Labute approximate surface area is 346 Å². The molecule has 0 saturated heterocycles. The van der Waals surface area contributed by atoms with Crippen molar-refractivity contribution in [3.05, 3.63) is 0 Å². The van der Waals surface area contributed by atoms with Gasteiger partial charge < -0.3 is 33.8 Å². The van der Waals surface area contributed by atoms with Gasteiger partial charge in [-0.2, -0.15) is 0 Å². The van der Waals surface area contributed by atoms with Crippen molar-refractivity contribution >= 4 is 39.5 Å². The maximum absolute atomic E-state index is 12.6. The summed E-state index contributed by atoms with van der Waals surface area (Å²) in [5, 5.41) is 10.2. The monoisotopic (exact) mass is 876 g/mol. The highest BCUT2D eigenvalue weighted by atomic mass is 31.2. The molecule has 19 heteroatoms. The summed E-state index contributed by atoms with van der Waals surface area (Å²) in [6.07, 6.45) is 12.9. The van der Waals surface area contributed by atoms with Crippen LogP contribution in [0.3, 0.4) is 0 Å². The summed E-state index contributed by atoms with van der Waals surface area (Å²) in [6.45, 7) is 4.06. The van der Waals surface area contributed by atoms with Crippen LogP contribution in [-0.4, -0.2) is 96.7 Å². The van der Waals surface area contributed by atoms with Gasteiger partial charge in [-0.3, -0.25) is 37.3 Å². The molecule has 0 amide bonds. The van der Waals surface area contributed by atoms with E-state index >= 15 is 0 Å². The summed E-state index contributed by atoms with van der Waals surface area (Å²) in [7, 11) is -9.78. The van der Waals surface area contributed by atoms with E-state index in [0.29, 0.717) is 25.7 Å². The van der Waals surface area contributed by atoms with Crippen molar-refractivity contribution in [1.82, 2.24) is 0 Å². The molecule has 0 rings (SSSR count). The molecule has 0 radical (unpaired) electrons. The first-order chi connectivity index (χ1) is 27.7. The minimum absolute atomic E-state index is 0.0924. The lowest BCUT2D eigenvalue weighted by atomic mass is 10.1. The van der Waals surface area contributed by atoms with E-state index < -0.39 is 97.5 Å². The molecular weight excluding hydrogens is 802 g/mol. The Balaban J connectivity index is 5.05. The summed E-state index contributed by atoms with van der Waals surface area (Å²) in [4.78, 5) is 69.4. The van der Waals surface area contributed by atoms with Crippen LogP contribution in [0.2, 0.25) is 0 Å². The number of carbonyl (C=O) groups is 4. The molecule has 0 heterocycles. The number of hydrogen-bond acceptors (Lipinski definition) is 15. The number of phosphoric acid groups is 2. The van der Waals surface area contributed by atoms with Crippen LogP contribution >= 0.6 is 15.6 Å². The topological polar surface area (TPSA) is 237 Å². The van der Waals surface area contributed by atoms with Crippen LogP contribution in [0, 0.1) is 0 Å². The number of phosphoric ester groups is 2. The van der Waals surface area contributed by atoms with Gasteiger partial charge in [0.25, 0.3) is 0 Å². The molecule has 2 unspecified atom stereocenters. The molecule has 58 heavy (non-hydrogen) atoms. The van der Waals surface area contributed by atoms with Crippen LogP contribution in [0.1, 0.15) is 169 Å². The average Bonchev–Trinajstić information content (AvgIpc) is 3.18. The normalized spacial score (nSPS) is 15.1. The SMILES string of the molecule is CCCCCCCCCC(=O)O[C@H](COC(=O)CCCCCCCC)COP(=O)(O)OC[C@@H](O)COP(=O)(O)OC[C@@H](COC(=O)CCC)OC(=O)CCCCCC. The predicted octanol–water partition coefficient (Wildman–Crippen LogP) is 8.19. The smallest absolute Gasteiger partial charge is 0.462 e. The molecule has 17 nitrogen and oxygen atoms in total. The van der Waals surface area contributed by atoms with E-state index in [-0.39, 0.29) is 25.7 Å². The van der Waals surface area contributed by atoms with Gasteiger partial charge in [0, 0.05) is 25.7 Å². The van der Waals surface area contributed by atoms with Crippen molar-refractivity contribution in [3.63, 3.8) is 0 Å². The molecule has 0 aliphatic rings. The van der Waals surface area contributed by atoms with E-state index in [2.05, 4.69) is 13.8 Å². The van der Waals surface area contributed by atoms with Crippen molar-refractivity contribution in [1.29, 1.82) is 0 Å². The molecule has 0 fully saturated rings. The first-order valence-corrected chi connectivity index (χ1v) is 24.3. The number of aliphatic hydroxyl groups is 1. The molecule has 3 N–H and O–H groups in total. The van der Waals surface area contributed by atoms with Gasteiger partial charge in [0.15, 0.2) is 12.2 Å². The van der Waals surface area contributed by atoms with Crippen LogP contribution in [0.4, 0.5) is 0 Å². The lowest BCUT2D eigenvalue weighted by Crippen LogP contribution is -2.30. The van der Waals surface area contributed by atoms with Crippen molar-refractivity contribution in [3.8, 4) is 0 Å². The average molecular weight is 877 g/mol. The number of aliphatic hydroxyl groups excluding tert-OH is 1. The highest BCUT2D eigenvalue weighted by Crippen LogP contribution is 2.45. The van der Waals surface area contributed by atoms with Gasteiger partial charge in [0.1, 0.15) is 19.3 Å². The standard InChI is InChI=1S/C39H74O17P2/c1-5-9-12-15-17-19-22-26-39(44)56-35(30-50-37(42)24-21-18-16-13-10-6-2)32-54-58(47,48)52-28-33(40)27-51-57(45,46)53-31-34(29-49-36(41)23-8-4)55-38(43)25-20-14-11-7-3/h33-35,40H,5-32H2,1-4H3,(H,45,46)(H,47,48)/t33-,34+,35+/m0/s1. The fourth-order valence-electron chi connectivity index (χ4n) is 5.25. The molecule has 342 valence electrons. The Hall–Kier alpha value is -1.94. The lowest BCUT2D eigenvalue weighted by molar-refractivity contribution is -0.161. The number of ether oxygens (including phenoxy) is 4. The maximum Gasteiger partial charge on any atom is 0.472 e. The molecule has 0 aliphatic heterocycles. The van der Waals surface area contributed by atoms with Crippen LogP contribution in [0.5, 0.6) is 0 Å². The van der Waals surface area contributed by atoms with E-state index in [9.17, 15) is 43.2 Å². The zero-order valence-electron chi connectivity index (χ0n) is 35.5. The number of esters is 4. The van der Waals surface area contributed by atoms with Crippen LogP contribution in [-0.2, 0) is 65.4 Å². The number of hydrogen-bond donors (Lipinski definition) is 3. The predicted molar refractivity (Wildman–Crippen MR) is 215 cm³/mol. The van der Waals surface area contributed by atoms with Gasteiger partial charge in [-0.25, -0.2) is 9.13 Å². The lowest BCUT2D eigenvalue weighted by Gasteiger charge is -2.21. The van der Waals surface area contributed by atoms with Gasteiger partial charge in [0.2, 0.25) is 0 Å². The molecule has 0 bridgehead atoms. The Morgan fingerprint density at radius 1 is 0.414 bits per heavy atom. The number of rotatable bonds is 40. The fraction of sp³-hybridized carbons (Fsp3) is 0.897. The molecule has 0 saturated carbocycles.